The van der Waals surface area contributed by atoms with Crippen molar-refractivity contribution in [1.82, 2.24) is 9.80 Å². The van der Waals surface area contributed by atoms with Gasteiger partial charge in [-0.25, -0.2) is 8.42 Å². The number of hydrogen-bond donors (Lipinski definition) is 1. The quantitative estimate of drug-likeness (QED) is 0.341. The smallest absolute Gasteiger partial charge is 0.229 e. The van der Waals surface area contributed by atoms with Crippen LogP contribution in [-0.2, 0) is 26.1 Å². The van der Waals surface area contributed by atoms with Gasteiger partial charge in [0, 0.05) is 57.9 Å². The molecule has 2 aromatic rings. The molecule has 1 amide bonds. The highest BCUT2D eigenvalue weighted by molar-refractivity contribution is 7.92. The number of nitrogens with zero attached hydrogens (tertiary/aromatic N) is 2. The van der Waals surface area contributed by atoms with Gasteiger partial charge in [0.15, 0.2) is 11.5 Å². The van der Waals surface area contributed by atoms with Crippen molar-refractivity contribution in [3.8, 4) is 17.2 Å². The number of amides is 1. The zero-order valence-electron chi connectivity index (χ0n) is 24.6. The van der Waals surface area contributed by atoms with Gasteiger partial charge in [0.25, 0.3) is 0 Å². The van der Waals surface area contributed by atoms with Crippen LogP contribution in [0.1, 0.15) is 57.4 Å². The number of rotatable bonds is 13. The molecule has 10 heteroatoms. The van der Waals surface area contributed by atoms with Crippen molar-refractivity contribution in [3.63, 3.8) is 0 Å². The maximum atomic E-state index is 13.3. The fraction of sp³-hybridized carbons (Fsp3) is 0.581. The van der Waals surface area contributed by atoms with E-state index in [1.807, 2.05) is 12.1 Å². The molecular weight excluding hydrogens is 542 g/mol. The molecule has 2 saturated heterocycles. The topological polar surface area (TPSA) is 97.4 Å². The molecule has 2 fully saturated rings. The van der Waals surface area contributed by atoms with E-state index >= 15 is 0 Å². The molecule has 226 valence electrons. The Bertz CT molecular complexity index is 1220. The minimum Gasteiger partial charge on any atom is -0.493 e. The molecule has 4 rings (SSSR count). The summed E-state index contributed by atoms with van der Waals surface area (Å²) in [6, 6.07) is 13.3. The first-order valence-electron chi connectivity index (χ1n) is 14.8. The minimum absolute atomic E-state index is 0.329. The lowest BCUT2D eigenvalue weighted by atomic mass is 9.94. The third-order valence-electron chi connectivity index (χ3n) is 7.90. The zero-order chi connectivity index (χ0) is 29.2. The monoisotopic (exact) mass is 587 g/mol. The second kappa shape index (κ2) is 14.9. The molecule has 2 aliphatic heterocycles. The van der Waals surface area contributed by atoms with Crippen molar-refractivity contribution in [2.24, 2.45) is 5.92 Å². The highest BCUT2D eigenvalue weighted by atomic mass is 32.2. The lowest BCUT2D eigenvalue weighted by molar-refractivity contribution is -0.136. The second-order valence-corrected chi connectivity index (χ2v) is 12.9. The lowest BCUT2D eigenvalue weighted by Gasteiger charge is -2.39. The summed E-state index contributed by atoms with van der Waals surface area (Å²) in [6.45, 7) is 7.42. The number of ether oxygens (including phenoxy) is 3. The number of benzene rings is 2. The normalized spacial score (nSPS) is 17.2. The standard InChI is InChI=1S/C31H45N3O6S/c1-4-5-16-34(31(35)21-24-14-19-39-20-15-24)27-12-17-33(18-13-27)23-25-6-9-28(10-7-25)40-29-11-8-26(22-30(29)38-2)32-41(3,36)37/h6-11,22,24,27,32H,4-5,12-21,23H2,1-3H3. The first-order valence-corrected chi connectivity index (χ1v) is 16.7. The number of likely N-dealkylation sites (tertiary alicyclic amines) is 1. The zero-order valence-corrected chi connectivity index (χ0v) is 25.5. The third-order valence-corrected chi connectivity index (χ3v) is 8.51. The summed E-state index contributed by atoms with van der Waals surface area (Å²) in [5.74, 6) is 2.40. The van der Waals surface area contributed by atoms with Crippen molar-refractivity contribution in [2.75, 3.05) is 50.9 Å². The number of nitrogens with one attached hydrogen (secondary N) is 1. The van der Waals surface area contributed by atoms with E-state index in [-0.39, 0.29) is 0 Å². The highest BCUT2D eigenvalue weighted by Crippen LogP contribution is 2.34. The molecule has 9 nitrogen and oxygen atoms in total. The molecule has 2 heterocycles. The summed E-state index contributed by atoms with van der Waals surface area (Å²) in [7, 11) is -1.87. The summed E-state index contributed by atoms with van der Waals surface area (Å²) in [4.78, 5) is 17.9. The van der Waals surface area contributed by atoms with E-state index in [1.54, 1.807) is 18.2 Å². The summed E-state index contributed by atoms with van der Waals surface area (Å²) in [6.07, 6.45) is 7.93. The van der Waals surface area contributed by atoms with Gasteiger partial charge in [-0.2, -0.15) is 0 Å². The van der Waals surface area contributed by atoms with Crippen LogP contribution in [0.5, 0.6) is 17.2 Å². The van der Waals surface area contributed by atoms with Crippen molar-refractivity contribution < 1.29 is 27.4 Å². The molecule has 2 aliphatic rings. The fourth-order valence-electron chi connectivity index (χ4n) is 5.62. The predicted octanol–water partition coefficient (Wildman–Crippen LogP) is 5.27. The van der Waals surface area contributed by atoms with E-state index in [2.05, 4.69) is 33.6 Å². The Morgan fingerprint density at radius 3 is 2.39 bits per heavy atom. The molecule has 0 atom stereocenters. The minimum atomic E-state index is -3.38. The Hall–Kier alpha value is -2.82. The summed E-state index contributed by atoms with van der Waals surface area (Å²) in [5, 5.41) is 0. The maximum Gasteiger partial charge on any atom is 0.229 e. The van der Waals surface area contributed by atoms with Crippen LogP contribution in [0.15, 0.2) is 42.5 Å². The van der Waals surface area contributed by atoms with Crippen LogP contribution in [0.3, 0.4) is 0 Å². The molecule has 1 N–H and O–H groups in total. The Morgan fingerprint density at radius 1 is 1.05 bits per heavy atom. The van der Waals surface area contributed by atoms with Crippen LogP contribution in [0.4, 0.5) is 5.69 Å². The van der Waals surface area contributed by atoms with Gasteiger partial charge in [-0.05, 0) is 67.9 Å². The van der Waals surface area contributed by atoms with Crippen molar-refractivity contribution >= 4 is 21.6 Å². The Balaban J connectivity index is 1.29. The first kappa shape index (κ1) is 31.1. The average molecular weight is 588 g/mol. The maximum absolute atomic E-state index is 13.3. The lowest BCUT2D eigenvalue weighted by Crippen LogP contribution is -2.48. The van der Waals surface area contributed by atoms with Gasteiger partial charge >= 0.3 is 0 Å². The van der Waals surface area contributed by atoms with Crippen molar-refractivity contribution in [2.45, 2.75) is 64.5 Å². The van der Waals surface area contributed by atoms with Gasteiger partial charge in [0.2, 0.25) is 15.9 Å². The summed E-state index contributed by atoms with van der Waals surface area (Å²) < 4.78 is 42.4. The Labute approximate surface area is 245 Å². The number of unbranched alkanes of at least 4 members (excludes halogenated alkanes) is 1. The van der Waals surface area contributed by atoms with Gasteiger partial charge in [-0.3, -0.25) is 14.4 Å². The molecule has 0 spiro atoms. The van der Waals surface area contributed by atoms with Crippen LogP contribution in [0.25, 0.3) is 0 Å². The number of anilines is 1. The summed E-state index contributed by atoms with van der Waals surface area (Å²) >= 11 is 0. The van der Waals surface area contributed by atoms with Gasteiger partial charge in [0.1, 0.15) is 5.75 Å². The second-order valence-electron chi connectivity index (χ2n) is 11.2. The van der Waals surface area contributed by atoms with Crippen LogP contribution in [-0.4, -0.2) is 76.4 Å². The van der Waals surface area contributed by atoms with Crippen LogP contribution < -0.4 is 14.2 Å². The molecule has 41 heavy (non-hydrogen) atoms. The van der Waals surface area contributed by atoms with Crippen LogP contribution >= 0.6 is 0 Å². The molecule has 0 aliphatic carbocycles. The third kappa shape index (κ3) is 9.61. The number of carbonyl (C=O) groups excluding carboxylic acids is 1. The molecule has 0 radical (unpaired) electrons. The van der Waals surface area contributed by atoms with E-state index in [0.29, 0.717) is 47.2 Å². The highest BCUT2D eigenvalue weighted by Gasteiger charge is 2.29. The van der Waals surface area contributed by atoms with Gasteiger partial charge in [0.05, 0.1) is 19.1 Å². The predicted molar refractivity (Wildman–Crippen MR) is 161 cm³/mol. The van der Waals surface area contributed by atoms with E-state index < -0.39 is 10.0 Å². The number of sulfonamides is 1. The van der Waals surface area contributed by atoms with E-state index in [1.165, 1.54) is 12.7 Å². The van der Waals surface area contributed by atoms with Crippen LogP contribution in [0.2, 0.25) is 0 Å². The molecule has 0 bridgehead atoms. The average Bonchev–Trinajstić information content (AvgIpc) is 2.95. The van der Waals surface area contributed by atoms with Crippen molar-refractivity contribution in [3.05, 3.63) is 48.0 Å². The summed E-state index contributed by atoms with van der Waals surface area (Å²) in [5.41, 5.74) is 1.61. The van der Waals surface area contributed by atoms with Gasteiger partial charge < -0.3 is 19.1 Å². The van der Waals surface area contributed by atoms with E-state index in [9.17, 15) is 13.2 Å². The number of piperidine rings is 1. The molecular formula is C31H45N3O6S. The van der Waals surface area contributed by atoms with E-state index in [0.717, 1.165) is 84.2 Å². The van der Waals surface area contributed by atoms with Gasteiger partial charge in [-0.15, -0.1) is 0 Å². The Kier molecular flexibility index (Phi) is 11.3. The molecule has 0 unspecified atom stereocenters. The SMILES string of the molecule is CCCCN(C(=O)CC1CCOCC1)C1CCN(Cc2ccc(Oc3ccc(NS(C)(=O)=O)cc3OC)cc2)CC1. The van der Waals surface area contributed by atoms with Crippen LogP contribution in [0, 0.1) is 5.92 Å². The fourth-order valence-corrected chi connectivity index (χ4v) is 6.18. The number of hydrogen-bond acceptors (Lipinski definition) is 7. The number of methoxy groups -OCH3 is 1. The Morgan fingerprint density at radius 2 is 1.76 bits per heavy atom. The molecule has 2 aromatic carbocycles. The van der Waals surface area contributed by atoms with E-state index in [4.69, 9.17) is 14.2 Å². The molecule has 0 saturated carbocycles. The molecule has 0 aromatic heterocycles. The largest absolute Gasteiger partial charge is 0.493 e. The van der Waals surface area contributed by atoms with Gasteiger partial charge in [-0.1, -0.05) is 25.5 Å². The first-order chi connectivity index (χ1) is 19.7. The number of carbonyl (C=O) groups is 1. The van der Waals surface area contributed by atoms with Crippen molar-refractivity contribution in [1.29, 1.82) is 0 Å².